The predicted octanol–water partition coefficient (Wildman–Crippen LogP) is 3.10. The average Bonchev–Trinajstić information content (AvgIpc) is 2.84. The highest BCUT2D eigenvalue weighted by molar-refractivity contribution is 5.38. The van der Waals surface area contributed by atoms with Crippen LogP contribution in [0.1, 0.15) is 50.3 Å². The van der Waals surface area contributed by atoms with E-state index in [2.05, 4.69) is 28.5 Å². The highest BCUT2D eigenvalue weighted by atomic mass is 15.2. The van der Waals surface area contributed by atoms with Crippen LogP contribution in [0.4, 0.5) is 0 Å². The number of nitrogens with zero attached hydrogens (tertiary/aromatic N) is 3. The Hall–Kier alpha value is -1.42. The smallest absolute Gasteiger partial charge is 0.155 e. The van der Waals surface area contributed by atoms with Gasteiger partial charge in [-0.2, -0.15) is 5.10 Å². The number of aryl methyl sites for hydroxylation is 1. The van der Waals surface area contributed by atoms with Crippen LogP contribution in [0.3, 0.4) is 0 Å². The third-order valence-electron chi connectivity index (χ3n) is 4.44. The Labute approximate surface area is 120 Å². The molecule has 2 aromatic rings. The van der Waals surface area contributed by atoms with E-state index in [1.54, 1.807) is 0 Å². The maximum Gasteiger partial charge on any atom is 0.155 e. The van der Waals surface area contributed by atoms with Crippen molar-refractivity contribution in [2.45, 2.75) is 58.5 Å². The van der Waals surface area contributed by atoms with E-state index in [1.807, 2.05) is 23.7 Å². The minimum atomic E-state index is 0.670. The van der Waals surface area contributed by atoms with E-state index in [1.165, 1.54) is 37.7 Å². The summed E-state index contributed by atoms with van der Waals surface area (Å²) in [6.45, 7) is 5.20. The van der Waals surface area contributed by atoms with Crippen LogP contribution >= 0.6 is 0 Å². The molecule has 0 aromatic carbocycles. The van der Waals surface area contributed by atoms with Crippen molar-refractivity contribution >= 4 is 5.65 Å². The molecule has 108 valence electrons. The average molecular weight is 272 g/mol. The molecule has 1 aliphatic carbocycles. The second kappa shape index (κ2) is 5.92. The largest absolute Gasteiger partial charge is 0.310 e. The van der Waals surface area contributed by atoms with Gasteiger partial charge in [-0.05, 0) is 25.7 Å². The van der Waals surface area contributed by atoms with Gasteiger partial charge >= 0.3 is 0 Å². The highest BCUT2D eigenvalue weighted by Gasteiger charge is 2.20. The van der Waals surface area contributed by atoms with Gasteiger partial charge in [-0.3, -0.25) is 0 Å². The lowest BCUT2D eigenvalue weighted by Crippen LogP contribution is -2.33. The fourth-order valence-corrected chi connectivity index (χ4v) is 3.23. The third kappa shape index (κ3) is 3.01. The topological polar surface area (TPSA) is 42.2 Å². The summed E-state index contributed by atoms with van der Waals surface area (Å²) in [5, 5.41) is 8.11. The number of rotatable bonds is 4. The second-order valence-electron chi connectivity index (χ2n) is 6.07. The maximum atomic E-state index is 4.46. The van der Waals surface area contributed by atoms with Gasteiger partial charge in [0.1, 0.15) is 0 Å². The van der Waals surface area contributed by atoms with Crippen molar-refractivity contribution in [1.82, 2.24) is 19.9 Å². The minimum Gasteiger partial charge on any atom is -0.310 e. The molecule has 0 aliphatic heterocycles. The van der Waals surface area contributed by atoms with Crippen LogP contribution in [0, 0.1) is 12.8 Å². The first kappa shape index (κ1) is 13.6. The number of nitrogens with one attached hydrogen (secondary N) is 1. The van der Waals surface area contributed by atoms with Gasteiger partial charge in [0.05, 0.1) is 5.69 Å². The SMILES string of the molecule is CCC1CCCC(NCc2cnc3cc(C)nn3c2)C1. The summed E-state index contributed by atoms with van der Waals surface area (Å²) in [5.41, 5.74) is 3.15. The zero-order valence-corrected chi connectivity index (χ0v) is 12.5. The van der Waals surface area contributed by atoms with Crippen molar-refractivity contribution in [3.63, 3.8) is 0 Å². The normalized spacial score (nSPS) is 23.3. The Kier molecular flexibility index (Phi) is 4.01. The fraction of sp³-hybridized carbons (Fsp3) is 0.625. The molecule has 3 rings (SSSR count). The summed E-state index contributed by atoms with van der Waals surface area (Å²) < 4.78 is 1.88. The van der Waals surface area contributed by atoms with Crippen molar-refractivity contribution < 1.29 is 0 Å². The number of hydrogen-bond donors (Lipinski definition) is 1. The highest BCUT2D eigenvalue weighted by Crippen LogP contribution is 2.26. The lowest BCUT2D eigenvalue weighted by atomic mass is 9.84. The molecule has 4 heteroatoms. The maximum absolute atomic E-state index is 4.46. The van der Waals surface area contributed by atoms with Gasteiger partial charge in [-0.1, -0.05) is 26.2 Å². The Morgan fingerprint density at radius 1 is 1.40 bits per heavy atom. The molecule has 0 bridgehead atoms. The van der Waals surface area contributed by atoms with E-state index >= 15 is 0 Å². The van der Waals surface area contributed by atoms with Gasteiger partial charge in [-0.25, -0.2) is 9.50 Å². The molecule has 0 saturated heterocycles. The van der Waals surface area contributed by atoms with Crippen molar-refractivity contribution in [2.24, 2.45) is 5.92 Å². The predicted molar refractivity (Wildman–Crippen MR) is 80.6 cm³/mol. The summed E-state index contributed by atoms with van der Waals surface area (Å²) in [6, 6.07) is 2.67. The summed E-state index contributed by atoms with van der Waals surface area (Å²) in [5.74, 6) is 0.913. The number of hydrogen-bond acceptors (Lipinski definition) is 3. The standard InChI is InChI=1S/C16H24N4/c1-3-13-5-4-6-15(8-13)17-9-14-10-18-16-7-12(2)19-20(16)11-14/h7,10-11,13,15,17H,3-6,8-9H2,1-2H3. The molecule has 2 aromatic heterocycles. The summed E-state index contributed by atoms with van der Waals surface area (Å²) in [4.78, 5) is 4.46. The van der Waals surface area contributed by atoms with Crippen molar-refractivity contribution in [3.05, 3.63) is 29.7 Å². The van der Waals surface area contributed by atoms with Crippen LogP contribution in [0.5, 0.6) is 0 Å². The molecule has 20 heavy (non-hydrogen) atoms. The van der Waals surface area contributed by atoms with Crippen LogP contribution in [0.2, 0.25) is 0 Å². The second-order valence-corrected chi connectivity index (χ2v) is 6.07. The summed E-state index contributed by atoms with van der Waals surface area (Å²) in [6.07, 6.45) is 10.8. The summed E-state index contributed by atoms with van der Waals surface area (Å²) in [7, 11) is 0. The molecule has 0 spiro atoms. The van der Waals surface area contributed by atoms with Gasteiger partial charge < -0.3 is 5.32 Å². The molecule has 1 aliphatic rings. The number of fused-ring (bicyclic) bond motifs is 1. The fourth-order valence-electron chi connectivity index (χ4n) is 3.23. The van der Waals surface area contributed by atoms with E-state index in [0.29, 0.717) is 6.04 Å². The van der Waals surface area contributed by atoms with Crippen LogP contribution in [-0.2, 0) is 6.54 Å². The van der Waals surface area contributed by atoms with Crippen LogP contribution in [0.25, 0.3) is 5.65 Å². The zero-order chi connectivity index (χ0) is 13.9. The first-order chi connectivity index (χ1) is 9.74. The Balaban J connectivity index is 1.61. The van der Waals surface area contributed by atoms with Gasteiger partial charge in [-0.15, -0.1) is 0 Å². The lowest BCUT2D eigenvalue weighted by molar-refractivity contribution is 0.278. The summed E-state index contributed by atoms with van der Waals surface area (Å²) >= 11 is 0. The molecular formula is C16H24N4. The van der Waals surface area contributed by atoms with Gasteiger partial charge in [0.25, 0.3) is 0 Å². The molecule has 0 amide bonds. The van der Waals surface area contributed by atoms with Gasteiger partial charge in [0.2, 0.25) is 0 Å². The third-order valence-corrected chi connectivity index (χ3v) is 4.44. The van der Waals surface area contributed by atoms with Crippen molar-refractivity contribution in [2.75, 3.05) is 0 Å². The van der Waals surface area contributed by atoms with E-state index in [4.69, 9.17) is 0 Å². The molecule has 1 N–H and O–H groups in total. The molecule has 2 unspecified atom stereocenters. The molecule has 2 heterocycles. The molecule has 4 nitrogen and oxygen atoms in total. The van der Waals surface area contributed by atoms with E-state index in [-0.39, 0.29) is 0 Å². The van der Waals surface area contributed by atoms with Crippen LogP contribution in [-0.4, -0.2) is 20.6 Å². The van der Waals surface area contributed by atoms with E-state index in [0.717, 1.165) is 23.8 Å². The lowest BCUT2D eigenvalue weighted by Gasteiger charge is -2.29. The van der Waals surface area contributed by atoms with Crippen LogP contribution in [0.15, 0.2) is 18.5 Å². The number of aromatic nitrogens is 3. The van der Waals surface area contributed by atoms with Crippen molar-refractivity contribution in [3.8, 4) is 0 Å². The Bertz CT molecular complexity index is 575. The van der Waals surface area contributed by atoms with E-state index < -0.39 is 0 Å². The molecule has 1 fully saturated rings. The quantitative estimate of drug-likeness (QED) is 0.930. The first-order valence-electron chi connectivity index (χ1n) is 7.79. The molecule has 0 radical (unpaired) electrons. The Morgan fingerprint density at radius 2 is 2.30 bits per heavy atom. The van der Waals surface area contributed by atoms with E-state index in [9.17, 15) is 0 Å². The molecule has 2 atom stereocenters. The monoisotopic (exact) mass is 272 g/mol. The molecule has 1 saturated carbocycles. The van der Waals surface area contributed by atoms with Crippen LogP contribution < -0.4 is 5.32 Å². The van der Waals surface area contributed by atoms with Crippen molar-refractivity contribution in [1.29, 1.82) is 0 Å². The zero-order valence-electron chi connectivity index (χ0n) is 12.5. The van der Waals surface area contributed by atoms with Gasteiger partial charge in [0.15, 0.2) is 5.65 Å². The first-order valence-corrected chi connectivity index (χ1v) is 7.79. The van der Waals surface area contributed by atoms with Gasteiger partial charge in [0, 0.05) is 36.6 Å². The molecular weight excluding hydrogens is 248 g/mol. The minimum absolute atomic E-state index is 0.670. The Morgan fingerprint density at radius 3 is 3.15 bits per heavy atom.